The topological polar surface area (TPSA) is 96.3 Å². The normalized spacial score (nSPS) is 39.5. The van der Waals surface area contributed by atoms with Crippen molar-refractivity contribution in [2.45, 2.75) is 85.1 Å². The second kappa shape index (κ2) is 9.70. The van der Waals surface area contributed by atoms with E-state index in [9.17, 15) is 19.7 Å². The largest absolute Gasteiger partial charge is 0.494 e. The van der Waals surface area contributed by atoms with Gasteiger partial charge in [0.1, 0.15) is 11.6 Å². The minimum absolute atomic E-state index is 0.0287. The van der Waals surface area contributed by atoms with Gasteiger partial charge in [0.2, 0.25) is 0 Å². The predicted octanol–water partition coefficient (Wildman–Crippen LogP) is 4.54. The SMILES string of the molecule is C=C[C@]1(C)C[C@@H](N(Cc2ccc3c(c2F)B(O)OC3)C(=O)O)[C@]2(C)[C@H](C)CC[C@]3(CC[C@@H](OC)[C@H]32)[C@@H](C)C1=O. The number of Topliss-reactive ketones (excluding diaryl/α,β-unsaturated/α-hetero) is 1. The summed E-state index contributed by atoms with van der Waals surface area (Å²) < 4.78 is 27.0. The number of amides is 1. The van der Waals surface area contributed by atoms with Gasteiger partial charge >= 0.3 is 13.2 Å². The maximum atomic E-state index is 15.7. The number of ether oxygens (including phenoxy) is 1. The van der Waals surface area contributed by atoms with Crippen LogP contribution in [0.3, 0.4) is 0 Å². The summed E-state index contributed by atoms with van der Waals surface area (Å²) in [7, 11) is 0.337. The summed E-state index contributed by atoms with van der Waals surface area (Å²) in [4.78, 5) is 28.6. The highest BCUT2D eigenvalue weighted by molar-refractivity contribution is 6.61. The number of halogens is 1. The van der Waals surface area contributed by atoms with Gasteiger partial charge < -0.3 is 24.4 Å². The predicted molar refractivity (Wildman–Crippen MR) is 146 cm³/mol. The Kier molecular flexibility index (Phi) is 7.04. The fraction of sp³-hybridized carbons (Fsp3) is 0.667. The average molecular weight is 541 g/mol. The zero-order valence-electron chi connectivity index (χ0n) is 23.7. The number of carbonyl (C=O) groups excluding carboxylic acids is 1. The molecule has 0 unspecified atom stereocenters. The minimum Gasteiger partial charge on any atom is -0.465 e. The highest BCUT2D eigenvalue weighted by atomic mass is 19.1. The number of methoxy groups -OCH3 is 1. The molecule has 3 fully saturated rings. The van der Waals surface area contributed by atoms with Crippen molar-refractivity contribution in [2.75, 3.05) is 7.11 Å². The lowest BCUT2D eigenvalue weighted by atomic mass is 9.43. The molecule has 5 rings (SSSR count). The maximum absolute atomic E-state index is 15.7. The van der Waals surface area contributed by atoms with Crippen LogP contribution in [0.25, 0.3) is 0 Å². The van der Waals surface area contributed by atoms with Crippen LogP contribution in [0.4, 0.5) is 9.18 Å². The second-order valence-electron chi connectivity index (χ2n) is 12.9. The number of carboxylic acid groups (broad SMARTS) is 1. The maximum Gasteiger partial charge on any atom is 0.494 e. The van der Waals surface area contributed by atoms with Crippen LogP contribution >= 0.6 is 0 Å². The lowest BCUT2D eigenvalue weighted by Crippen LogP contribution is -2.66. The Morgan fingerprint density at radius 2 is 2.00 bits per heavy atom. The van der Waals surface area contributed by atoms with Gasteiger partial charge in [0.05, 0.1) is 19.3 Å². The molecule has 1 aliphatic heterocycles. The van der Waals surface area contributed by atoms with Crippen LogP contribution in [0.15, 0.2) is 24.8 Å². The van der Waals surface area contributed by atoms with E-state index in [0.29, 0.717) is 5.56 Å². The van der Waals surface area contributed by atoms with E-state index in [-0.39, 0.29) is 65.7 Å². The zero-order valence-corrected chi connectivity index (χ0v) is 23.7. The summed E-state index contributed by atoms with van der Waals surface area (Å²) in [6, 6.07) is 2.67. The van der Waals surface area contributed by atoms with E-state index >= 15 is 4.39 Å². The first-order valence-corrected chi connectivity index (χ1v) is 14.2. The van der Waals surface area contributed by atoms with Crippen LogP contribution in [0.1, 0.15) is 70.9 Å². The number of carbonyl (C=O) groups is 2. The molecule has 0 aromatic heterocycles. The number of fused-ring (bicyclic) bond motifs is 1. The summed E-state index contributed by atoms with van der Waals surface area (Å²) in [5.41, 5.74) is -0.977. The molecule has 1 amide bonds. The van der Waals surface area contributed by atoms with Crippen LogP contribution in [-0.4, -0.2) is 53.3 Å². The molecule has 1 heterocycles. The van der Waals surface area contributed by atoms with E-state index in [1.807, 2.05) is 13.8 Å². The third kappa shape index (κ3) is 3.94. The molecule has 0 spiro atoms. The molecular weight excluding hydrogens is 500 g/mol. The van der Waals surface area contributed by atoms with Crippen molar-refractivity contribution in [3.05, 3.63) is 41.7 Å². The van der Waals surface area contributed by atoms with Gasteiger partial charge in [-0.3, -0.25) is 4.79 Å². The van der Waals surface area contributed by atoms with Crippen LogP contribution in [0, 0.1) is 39.8 Å². The molecule has 1 aromatic rings. The lowest BCUT2D eigenvalue weighted by Gasteiger charge is -2.63. The van der Waals surface area contributed by atoms with E-state index < -0.39 is 35.9 Å². The van der Waals surface area contributed by atoms with E-state index in [4.69, 9.17) is 9.39 Å². The number of hydrogen-bond acceptors (Lipinski definition) is 5. The number of hydrogen-bond donors (Lipinski definition) is 2. The minimum atomic E-state index is -1.37. The molecule has 0 saturated heterocycles. The van der Waals surface area contributed by atoms with Crippen molar-refractivity contribution in [1.82, 2.24) is 4.90 Å². The number of nitrogens with zero attached hydrogens (tertiary/aromatic N) is 1. The Balaban J connectivity index is 1.68. The van der Waals surface area contributed by atoms with Gasteiger partial charge in [-0.15, -0.1) is 6.58 Å². The molecule has 1 aromatic carbocycles. The van der Waals surface area contributed by atoms with Crippen molar-refractivity contribution in [2.24, 2.45) is 34.0 Å². The lowest BCUT2D eigenvalue weighted by molar-refractivity contribution is -0.176. The van der Waals surface area contributed by atoms with E-state index in [1.165, 1.54) is 4.90 Å². The fourth-order valence-electron chi connectivity index (χ4n) is 9.05. The highest BCUT2D eigenvalue weighted by Gasteiger charge is 2.68. The Morgan fingerprint density at radius 1 is 1.31 bits per heavy atom. The van der Waals surface area contributed by atoms with E-state index in [2.05, 4.69) is 20.4 Å². The Hall–Kier alpha value is -2.23. The molecule has 0 radical (unpaired) electrons. The van der Waals surface area contributed by atoms with Gasteiger partial charge in [-0.2, -0.15) is 0 Å². The number of benzene rings is 1. The molecule has 7 nitrogen and oxygen atoms in total. The van der Waals surface area contributed by atoms with Crippen LogP contribution < -0.4 is 5.46 Å². The summed E-state index contributed by atoms with van der Waals surface area (Å²) in [5.74, 6) is -0.646. The standard InChI is InChI=1S/C30H41BFNO6/c1-7-28(4)14-22(33(27(35)36)15-19-8-9-20-16-39-31(37)23(20)24(19)32)29(5)17(2)10-12-30(18(3)26(28)34)13-11-21(38-6)25(29)30/h7-9,17-18,21-22,25,37H,1,10-16H2,2-6H3,(H,35,36)/t17-,18+,21-,22-,25+,28-,29+,30+/m1/s1. The monoisotopic (exact) mass is 541 g/mol. The first kappa shape index (κ1) is 28.3. The molecule has 3 saturated carbocycles. The van der Waals surface area contributed by atoms with Gasteiger partial charge in [0, 0.05) is 35.5 Å². The highest BCUT2D eigenvalue weighted by Crippen LogP contribution is 2.69. The molecule has 9 heteroatoms. The first-order valence-electron chi connectivity index (χ1n) is 14.2. The Labute approximate surface area is 230 Å². The van der Waals surface area contributed by atoms with Crippen molar-refractivity contribution < 1.29 is 33.5 Å². The fourth-order valence-corrected chi connectivity index (χ4v) is 9.05. The van der Waals surface area contributed by atoms with Crippen molar-refractivity contribution >= 4 is 24.5 Å². The quantitative estimate of drug-likeness (QED) is 0.420. The van der Waals surface area contributed by atoms with Crippen LogP contribution in [0.2, 0.25) is 0 Å². The van der Waals surface area contributed by atoms with Gasteiger partial charge in [-0.05, 0) is 67.3 Å². The number of allylic oxidation sites excluding steroid dienone is 1. The van der Waals surface area contributed by atoms with Gasteiger partial charge in [-0.25, -0.2) is 9.18 Å². The molecule has 3 aliphatic carbocycles. The van der Waals surface area contributed by atoms with Crippen molar-refractivity contribution in [3.63, 3.8) is 0 Å². The first-order chi connectivity index (χ1) is 18.4. The van der Waals surface area contributed by atoms with Crippen LogP contribution in [-0.2, 0) is 27.3 Å². The van der Waals surface area contributed by atoms with E-state index in [0.717, 1.165) is 25.7 Å². The molecule has 39 heavy (non-hydrogen) atoms. The molecule has 212 valence electrons. The average Bonchev–Trinajstić information content (AvgIpc) is 3.49. The summed E-state index contributed by atoms with van der Waals surface area (Å²) in [6.07, 6.45) is 4.14. The molecule has 4 aliphatic rings. The van der Waals surface area contributed by atoms with Crippen LogP contribution in [0.5, 0.6) is 0 Å². The summed E-state index contributed by atoms with van der Waals surface area (Å²) >= 11 is 0. The molecule has 8 atom stereocenters. The number of ketones is 1. The third-order valence-electron chi connectivity index (χ3n) is 11.5. The summed E-state index contributed by atoms with van der Waals surface area (Å²) in [6.45, 7) is 12.2. The van der Waals surface area contributed by atoms with Gasteiger partial charge in [-0.1, -0.05) is 39.0 Å². The van der Waals surface area contributed by atoms with Crippen molar-refractivity contribution in [1.29, 1.82) is 0 Å². The Morgan fingerprint density at radius 3 is 2.64 bits per heavy atom. The smallest absolute Gasteiger partial charge is 0.465 e. The molecule has 2 N–H and O–H groups in total. The van der Waals surface area contributed by atoms with Gasteiger partial charge in [0.25, 0.3) is 0 Å². The number of rotatable bonds is 5. The summed E-state index contributed by atoms with van der Waals surface area (Å²) in [5, 5.41) is 20.9. The molecular formula is C30H41BFNO6. The van der Waals surface area contributed by atoms with Crippen molar-refractivity contribution in [3.8, 4) is 0 Å². The second-order valence-corrected chi connectivity index (χ2v) is 12.9. The van der Waals surface area contributed by atoms with E-state index in [1.54, 1.807) is 25.3 Å². The van der Waals surface area contributed by atoms with Gasteiger partial charge in [0.15, 0.2) is 0 Å². The zero-order chi connectivity index (χ0) is 28.5. The Bertz CT molecular complexity index is 1190. The molecule has 2 bridgehead atoms. The third-order valence-corrected chi connectivity index (χ3v) is 11.5.